The predicted octanol–water partition coefficient (Wildman–Crippen LogP) is 2.36. The Morgan fingerprint density at radius 1 is 1.16 bits per heavy atom. The van der Waals surface area contributed by atoms with Gasteiger partial charge in [-0.3, -0.25) is 10.1 Å². The average Bonchev–Trinajstić information content (AvgIpc) is 2.41. The molecule has 0 saturated carbocycles. The van der Waals surface area contributed by atoms with Gasteiger partial charge in [0.25, 0.3) is 15.5 Å². The highest BCUT2D eigenvalue weighted by Crippen LogP contribution is 2.18. The summed E-state index contributed by atoms with van der Waals surface area (Å²) in [6.45, 7) is 2.28. The fraction of sp³-hybridized carbons (Fsp3) is 0.143. The molecule has 0 aromatic heterocycles. The molecule has 2 aromatic rings. The summed E-state index contributed by atoms with van der Waals surface area (Å²) >= 11 is 0. The SMILES string of the molecule is Cc1ccccc1[Si]OCc1ccccc1[N+](=O)[O-]. The van der Waals surface area contributed by atoms with Gasteiger partial charge in [-0.15, -0.1) is 0 Å². The number of nitrogens with zero attached hydrogens (tertiary/aromatic N) is 1. The fourth-order valence-corrected chi connectivity index (χ4v) is 2.48. The third kappa shape index (κ3) is 3.49. The van der Waals surface area contributed by atoms with E-state index in [0.29, 0.717) is 5.56 Å². The maximum absolute atomic E-state index is 10.9. The molecule has 0 bridgehead atoms. The lowest BCUT2D eigenvalue weighted by atomic mass is 10.2. The van der Waals surface area contributed by atoms with Crippen LogP contribution in [0.3, 0.4) is 0 Å². The average molecular weight is 271 g/mol. The first kappa shape index (κ1) is 13.4. The van der Waals surface area contributed by atoms with Crippen molar-refractivity contribution in [1.82, 2.24) is 0 Å². The fourth-order valence-electron chi connectivity index (χ4n) is 1.69. The number of benzene rings is 2. The summed E-state index contributed by atoms with van der Waals surface area (Å²) in [5.41, 5.74) is 1.88. The van der Waals surface area contributed by atoms with Gasteiger partial charge in [-0.1, -0.05) is 36.4 Å². The zero-order valence-electron chi connectivity index (χ0n) is 10.5. The molecule has 0 fully saturated rings. The number of hydrogen-bond donors (Lipinski definition) is 0. The van der Waals surface area contributed by atoms with Crippen LogP contribution in [-0.4, -0.2) is 14.7 Å². The summed E-state index contributed by atoms with van der Waals surface area (Å²) in [4.78, 5) is 10.5. The summed E-state index contributed by atoms with van der Waals surface area (Å²) in [6, 6.07) is 14.6. The molecule has 96 valence electrons. The molecule has 0 atom stereocenters. The van der Waals surface area contributed by atoms with Crippen molar-refractivity contribution in [3.05, 3.63) is 69.8 Å². The molecule has 0 saturated heterocycles. The topological polar surface area (TPSA) is 52.4 Å². The molecule has 0 spiro atoms. The lowest BCUT2D eigenvalue weighted by Crippen LogP contribution is -2.20. The Morgan fingerprint density at radius 3 is 2.58 bits per heavy atom. The quantitative estimate of drug-likeness (QED) is 0.476. The van der Waals surface area contributed by atoms with Crippen LogP contribution in [0.15, 0.2) is 48.5 Å². The van der Waals surface area contributed by atoms with Crippen LogP contribution < -0.4 is 5.19 Å². The molecule has 0 aliphatic rings. The number of para-hydroxylation sites is 1. The Bertz CT molecular complexity index is 586. The van der Waals surface area contributed by atoms with E-state index in [1.54, 1.807) is 18.2 Å². The Kier molecular flexibility index (Phi) is 4.43. The minimum absolute atomic E-state index is 0.108. The second-order valence-corrected chi connectivity index (χ2v) is 5.12. The molecule has 0 aliphatic carbocycles. The molecule has 0 heterocycles. The Morgan fingerprint density at radius 2 is 1.84 bits per heavy atom. The van der Waals surface area contributed by atoms with Crippen LogP contribution in [0.5, 0.6) is 0 Å². The molecule has 0 amide bonds. The smallest absolute Gasteiger partial charge is 0.274 e. The van der Waals surface area contributed by atoms with Crippen molar-refractivity contribution >= 4 is 20.6 Å². The molecule has 0 aliphatic heterocycles. The van der Waals surface area contributed by atoms with Gasteiger partial charge in [-0.25, -0.2) is 0 Å². The van der Waals surface area contributed by atoms with Gasteiger partial charge >= 0.3 is 0 Å². The Labute approximate surface area is 114 Å². The van der Waals surface area contributed by atoms with Gasteiger partial charge in [-0.2, -0.15) is 0 Å². The first-order valence-electron chi connectivity index (χ1n) is 5.84. The van der Waals surface area contributed by atoms with E-state index in [4.69, 9.17) is 4.43 Å². The van der Waals surface area contributed by atoms with Gasteiger partial charge in [0.05, 0.1) is 17.1 Å². The highest BCUT2D eigenvalue weighted by molar-refractivity contribution is 6.47. The molecule has 0 N–H and O–H groups in total. The van der Waals surface area contributed by atoms with Crippen LogP contribution in [0.1, 0.15) is 11.1 Å². The van der Waals surface area contributed by atoms with Crippen LogP contribution in [0, 0.1) is 17.0 Å². The van der Waals surface area contributed by atoms with Crippen molar-refractivity contribution in [3.8, 4) is 0 Å². The van der Waals surface area contributed by atoms with Crippen LogP contribution in [0.25, 0.3) is 0 Å². The van der Waals surface area contributed by atoms with Gasteiger partial charge < -0.3 is 4.43 Å². The zero-order valence-corrected chi connectivity index (χ0v) is 11.5. The van der Waals surface area contributed by atoms with E-state index < -0.39 is 0 Å². The standard InChI is InChI=1S/C14H13NO3Si/c1-11-6-2-5-9-14(11)19-18-10-12-7-3-4-8-13(12)15(16)17/h2-9H,10H2,1H3. The van der Waals surface area contributed by atoms with Gasteiger partial charge in [0.2, 0.25) is 0 Å². The highest BCUT2D eigenvalue weighted by atomic mass is 28.2. The summed E-state index contributed by atoms with van der Waals surface area (Å²) in [7, 11) is 0.196. The van der Waals surface area contributed by atoms with E-state index >= 15 is 0 Å². The van der Waals surface area contributed by atoms with Crippen molar-refractivity contribution < 1.29 is 9.35 Å². The summed E-state index contributed by atoms with van der Waals surface area (Å²) < 4.78 is 5.60. The van der Waals surface area contributed by atoms with Gasteiger partial charge in [0.1, 0.15) is 0 Å². The van der Waals surface area contributed by atoms with E-state index in [9.17, 15) is 10.1 Å². The first-order valence-corrected chi connectivity index (χ1v) is 6.75. The summed E-state index contributed by atoms with van der Waals surface area (Å²) in [6.07, 6.45) is 0. The third-order valence-electron chi connectivity index (χ3n) is 2.74. The normalized spacial score (nSPS) is 10.4. The maximum Gasteiger partial charge on any atom is 0.274 e. The molecule has 2 aromatic carbocycles. The van der Waals surface area contributed by atoms with Crippen molar-refractivity contribution in [3.63, 3.8) is 0 Å². The molecule has 5 heteroatoms. The van der Waals surface area contributed by atoms with Crippen LogP contribution in [0.4, 0.5) is 5.69 Å². The lowest BCUT2D eigenvalue weighted by Gasteiger charge is -2.06. The van der Waals surface area contributed by atoms with Gasteiger partial charge in [-0.05, 0) is 23.7 Å². The van der Waals surface area contributed by atoms with Gasteiger partial charge in [0.15, 0.2) is 0 Å². The molecule has 2 radical (unpaired) electrons. The summed E-state index contributed by atoms with van der Waals surface area (Å²) in [5, 5.41) is 12.0. The minimum atomic E-state index is -0.379. The molecule has 4 nitrogen and oxygen atoms in total. The third-order valence-corrected chi connectivity index (χ3v) is 3.81. The monoisotopic (exact) mass is 271 g/mol. The number of aryl methyl sites for hydroxylation is 1. The Hall–Kier alpha value is -1.98. The van der Waals surface area contributed by atoms with Crippen molar-refractivity contribution in [1.29, 1.82) is 0 Å². The second-order valence-electron chi connectivity index (χ2n) is 4.09. The van der Waals surface area contributed by atoms with E-state index in [1.807, 2.05) is 31.2 Å². The number of nitro benzene ring substituents is 1. The predicted molar refractivity (Wildman–Crippen MR) is 74.5 cm³/mol. The van der Waals surface area contributed by atoms with Crippen molar-refractivity contribution in [2.24, 2.45) is 0 Å². The molecule has 19 heavy (non-hydrogen) atoms. The zero-order chi connectivity index (χ0) is 13.7. The minimum Gasteiger partial charge on any atom is -0.407 e. The van der Waals surface area contributed by atoms with Gasteiger partial charge in [0, 0.05) is 6.07 Å². The van der Waals surface area contributed by atoms with Crippen molar-refractivity contribution in [2.75, 3.05) is 0 Å². The number of nitro groups is 1. The number of rotatable bonds is 5. The summed E-state index contributed by atoms with van der Waals surface area (Å²) in [5.74, 6) is 0. The molecular weight excluding hydrogens is 258 g/mol. The van der Waals surface area contributed by atoms with Crippen LogP contribution in [0.2, 0.25) is 0 Å². The first-order chi connectivity index (χ1) is 9.18. The maximum atomic E-state index is 10.9. The molecular formula is C14H13NO3Si. The molecule has 0 unspecified atom stereocenters. The Balaban J connectivity index is 2.00. The van der Waals surface area contributed by atoms with Crippen LogP contribution in [-0.2, 0) is 11.0 Å². The van der Waals surface area contributed by atoms with E-state index in [0.717, 1.165) is 5.19 Å². The van der Waals surface area contributed by atoms with Crippen molar-refractivity contribution in [2.45, 2.75) is 13.5 Å². The highest BCUT2D eigenvalue weighted by Gasteiger charge is 2.12. The largest absolute Gasteiger partial charge is 0.407 e. The van der Waals surface area contributed by atoms with E-state index in [2.05, 4.69) is 0 Å². The molecule has 2 rings (SSSR count). The van der Waals surface area contributed by atoms with E-state index in [-0.39, 0.29) is 27.0 Å². The van der Waals surface area contributed by atoms with Crippen LogP contribution >= 0.6 is 0 Å². The lowest BCUT2D eigenvalue weighted by molar-refractivity contribution is -0.385. The number of hydrogen-bond acceptors (Lipinski definition) is 3. The second kappa shape index (κ2) is 6.26. The van der Waals surface area contributed by atoms with E-state index in [1.165, 1.54) is 11.6 Å².